The highest BCUT2D eigenvalue weighted by atomic mass is 16.5. The molecule has 0 N–H and O–H groups in total. The molecule has 3 aromatic rings. The maximum atomic E-state index is 13.2. The zero-order valence-electron chi connectivity index (χ0n) is 17.8. The molecule has 1 aromatic carbocycles. The monoisotopic (exact) mass is 418 g/mol. The van der Waals surface area contributed by atoms with Crippen molar-refractivity contribution in [2.24, 2.45) is 0 Å². The Morgan fingerprint density at radius 1 is 1.13 bits per heavy atom. The quantitative estimate of drug-likeness (QED) is 0.602. The smallest absolute Gasteiger partial charge is 0.261 e. The summed E-state index contributed by atoms with van der Waals surface area (Å²) in [7, 11) is 1.59. The van der Waals surface area contributed by atoms with Crippen molar-refractivity contribution < 1.29 is 14.3 Å². The SMILES string of the molecule is COc1ccccc1OCC(=O)N1CCCCC1c1nc(C)ncc1-c1ccncc1. The van der Waals surface area contributed by atoms with E-state index >= 15 is 0 Å². The van der Waals surface area contributed by atoms with Crippen LogP contribution in [0, 0.1) is 6.92 Å². The predicted molar refractivity (Wildman–Crippen MR) is 117 cm³/mol. The summed E-state index contributed by atoms with van der Waals surface area (Å²) in [5, 5.41) is 0. The summed E-state index contributed by atoms with van der Waals surface area (Å²) in [6.07, 6.45) is 8.21. The van der Waals surface area contributed by atoms with Crippen LogP contribution in [0.3, 0.4) is 0 Å². The van der Waals surface area contributed by atoms with Crippen molar-refractivity contribution in [3.8, 4) is 22.6 Å². The number of methoxy groups -OCH3 is 1. The van der Waals surface area contributed by atoms with Gasteiger partial charge in [-0.1, -0.05) is 12.1 Å². The van der Waals surface area contributed by atoms with Crippen LogP contribution in [-0.2, 0) is 4.79 Å². The van der Waals surface area contributed by atoms with E-state index in [0.29, 0.717) is 23.9 Å². The highest BCUT2D eigenvalue weighted by molar-refractivity contribution is 5.79. The maximum Gasteiger partial charge on any atom is 0.261 e. The number of aromatic nitrogens is 3. The molecule has 0 saturated carbocycles. The van der Waals surface area contributed by atoms with Gasteiger partial charge in [-0.2, -0.15) is 0 Å². The molecule has 7 nitrogen and oxygen atoms in total. The second-order valence-corrected chi connectivity index (χ2v) is 7.49. The van der Waals surface area contributed by atoms with E-state index in [0.717, 1.165) is 36.1 Å². The van der Waals surface area contributed by atoms with Crippen molar-refractivity contribution in [1.82, 2.24) is 19.9 Å². The van der Waals surface area contributed by atoms with E-state index in [1.807, 2.05) is 48.4 Å². The average Bonchev–Trinajstić information content (AvgIpc) is 2.83. The van der Waals surface area contributed by atoms with Crippen LogP contribution in [0.4, 0.5) is 0 Å². The zero-order chi connectivity index (χ0) is 21.6. The fourth-order valence-corrected chi connectivity index (χ4v) is 3.97. The van der Waals surface area contributed by atoms with Crippen LogP contribution in [0.5, 0.6) is 11.5 Å². The number of rotatable bonds is 6. The number of para-hydroxylation sites is 2. The summed E-state index contributed by atoms with van der Waals surface area (Å²) in [5.41, 5.74) is 2.81. The minimum Gasteiger partial charge on any atom is -0.493 e. The van der Waals surface area contributed by atoms with E-state index < -0.39 is 0 Å². The maximum absolute atomic E-state index is 13.2. The van der Waals surface area contributed by atoms with Gasteiger partial charge in [-0.25, -0.2) is 9.97 Å². The highest BCUT2D eigenvalue weighted by Crippen LogP contribution is 2.36. The van der Waals surface area contributed by atoms with Gasteiger partial charge in [0.2, 0.25) is 0 Å². The van der Waals surface area contributed by atoms with Crippen LogP contribution >= 0.6 is 0 Å². The van der Waals surface area contributed by atoms with Crippen LogP contribution in [-0.4, -0.2) is 46.0 Å². The number of likely N-dealkylation sites (tertiary alicyclic amines) is 1. The third kappa shape index (κ3) is 4.66. The lowest BCUT2D eigenvalue weighted by atomic mass is 9.94. The number of benzene rings is 1. The Morgan fingerprint density at radius 2 is 1.90 bits per heavy atom. The summed E-state index contributed by atoms with van der Waals surface area (Å²) in [6.45, 7) is 2.50. The van der Waals surface area contributed by atoms with E-state index in [1.54, 1.807) is 25.6 Å². The first-order valence-electron chi connectivity index (χ1n) is 10.5. The molecule has 3 heterocycles. The molecule has 0 bridgehead atoms. The molecule has 1 saturated heterocycles. The Balaban J connectivity index is 1.59. The first kappa shape index (κ1) is 20.8. The lowest BCUT2D eigenvalue weighted by Gasteiger charge is -2.36. The number of carbonyl (C=O) groups excluding carboxylic acids is 1. The molecule has 7 heteroatoms. The molecule has 31 heavy (non-hydrogen) atoms. The van der Waals surface area contributed by atoms with Crippen molar-refractivity contribution in [3.05, 3.63) is 66.5 Å². The van der Waals surface area contributed by atoms with Crippen LogP contribution in [0.1, 0.15) is 36.8 Å². The summed E-state index contributed by atoms with van der Waals surface area (Å²) >= 11 is 0. The minimum atomic E-state index is -0.118. The van der Waals surface area contributed by atoms with Gasteiger partial charge in [0.15, 0.2) is 18.1 Å². The lowest BCUT2D eigenvalue weighted by Crippen LogP contribution is -2.41. The zero-order valence-corrected chi connectivity index (χ0v) is 17.8. The number of piperidine rings is 1. The molecule has 2 aromatic heterocycles. The molecule has 1 fully saturated rings. The van der Waals surface area contributed by atoms with Gasteiger partial charge in [-0.05, 0) is 56.0 Å². The topological polar surface area (TPSA) is 77.4 Å². The predicted octanol–water partition coefficient (Wildman–Crippen LogP) is 3.99. The Kier molecular flexibility index (Phi) is 6.40. The molecule has 0 spiro atoms. The summed E-state index contributed by atoms with van der Waals surface area (Å²) in [4.78, 5) is 28.4. The van der Waals surface area contributed by atoms with Crippen molar-refractivity contribution in [3.63, 3.8) is 0 Å². The third-order valence-electron chi connectivity index (χ3n) is 5.49. The number of aryl methyl sites for hydroxylation is 1. The van der Waals surface area contributed by atoms with Crippen LogP contribution in [0.2, 0.25) is 0 Å². The standard InChI is InChI=1S/C24H26N4O3/c1-17-26-15-19(18-10-12-25-13-11-18)24(27-17)20-7-5-6-14-28(20)23(29)16-31-22-9-4-3-8-21(22)30-2/h3-4,8-13,15,20H,5-7,14,16H2,1-2H3. The number of nitrogens with zero attached hydrogens (tertiary/aromatic N) is 4. The van der Waals surface area contributed by atoms with Crippen LogP contribution in [0.25, 0.3) is 11.1 Å². The second-order valence-electron chi connectivity index (χ2n) is 7.49. The molecule has 1 amide bonds. The molecular weight excluding hydrogens is 392 g/mol. The fourth-order valence-electron chi connectivity index (χ4n) is 3.97. The van der Waals surface area contributed by atoms with E-state index in [9.17, 15) is 4.79 Å². The molecule has 0 radical (unpaired) electrons. The van der Waals surface area contributed by atoms with Crippen molar-refractivity contribution >= 4 is 5.91 Å². The first-order chi connectivity index (χ1) is 15.2. The number of amides is 1. The van der Waals surface area contributed by atoms with Crippen LogP contribution in [0.15, 0.2) is 55.0 Å². The van der Waals surface area contributed by atoms with Gasteiger partial charge < -0.3 is 14.4 Å². The van der Waals surface area contributed by atoms with Gasteiger partial charge in [0.05, 0.1) is 18.8 Å². The van der Waals surface area contributed by atoms with Crippen molar-refractivity contribution in [2.45, 2.75) is 32.2 Å². The molecule has 1 aliphatic rings. The Labute approximate surface area is 182 Å². The van der Waals surface area contributed by atoms with Crippen molar-refractivity contribution in [2.75, 3.05) is 20.3 Å². The summed E-state index contributed by atoms with van der Waals surface area (Å²) in [6, 6.07) is 11.1. The first-order valence-corrected chi connectivity index (χ1v) is 10.5. The number of ether oxygens (including phenoxy) is 2. The summed E-state index contributed by atoms with van der Waals surface area (Å²) in [5.74, 6) is 1.79. The average molecular weight is 418 g/mol. The molecule has 4 rings (SSSR count). The number of carbonyl (C=O) groups is 1. The molecule has 1 atom stereocenters. The van der Waals surface area contributed by atoms with Gasteiger partial charge in [0, 0.05) is 30.7 Å². The number of hydrogen-bond donors (Lipinski definition) is 0. The lowest BCUT2D eigenvalue weighted by molar-refractivity contribution is -0.137. The molecular formula is C24H26N4O3. The van der Waals surface area contributed by atoms with Gasteiger partial charge in [-0.15, -0.1) is 0 Å². The van der Waals surface area contributed by atoms with Gasteiger partial charge in [0.25, 0.3) is 5.91 Å². The largest absolute Gasteiger partial charge is 0.493 e. The third-order valence-corrected chi connectivity index (χ3v) is 5.49. The van der Waals surface area contributed by atoms with Crippen LogP contribution < -0.4 is 9.47 Å². The van der Waals surface area contributed by atoms with Gasteiger partial charge >= 0.3 is 0 Å². The molecule has 1 unspecified atom stereocenters. The molecule has 1 aliphatic heterocycles. The number of pyridine rings is 1. The normalized spacial score (nSPS) is 16.1. The Bertz CT molecular complexity index is 1040. The Hall–Kier alpha value is -3.48. The van der Waals surface area contributed by atoms with Gasteiger partial charge in [0.1, 0.15) is 5.82 Å². The highest BCUT2D eigenvalue weighted by Gasteiger charge is 2.31. The van der Waals surface area contributed by atoms with E-state index in [1.165, 1.54) is 0 Å². The second kappa shape index (κ2) is 9.55. The fraction of sp³-hybridized carbons (Fsp3) is 0.333. The van der Waals surface area contributed by atoms with Crippen molar-refractivity contribution in [1.29, 1.82) is 0 Å². The molecule has 0 aliphatic carbocycles. The van der Waals surface area contributed by atoms with E-state index in [2.05, 4.69) is 9.97 Å². The Morgan fingerprint density at radius 3 is 2.68 bits per heavy atom. The van der Waals surface area contributed by atoms with E-state index in [-0.39, 0.29) is 18.6 Å². The minimum absolute atomic E-state index is 0.0501. The van der Waals surface area contributed by atoms with Gasteiger partial charge in [-0.3, -0.25) is 9.78 Å². The number of hydrogen-bond acceptors (Lipinski definition) is 6. The van der Waals surface area contributed by atoms with E-state index in [4.69, 9.17) is 14.5 Å². The molecule has 160 valence electrons. The summed E-state index contributed by atoms with van der Waals surface area (Å²) < 4.78 is 11.1.